The Balaban J connectivity index is 0.00000144. The van der Waals surface area contributed by atoms with Crippen LogP contribution in [-0.2, 0) is 11.3 Å². The maximum atomic E-state index is 11.8. The number of pyridine rings is 1. The lowest BCUT2D eigenvalue weighted by Gasteiger charge is -2.22. The molecule has 1 aromatic rings. The number of piperidine rings is 1. The first-order valence-corrected chi connectivity index (χ1v) is 5.77. The molecule has 6 heteroatoms. The SMILES string of the molecule is Cl.Cl.O=C(NCc1ccccn1)[C@@H]1CCCCN1. The molecule has 18 heavy (non-hydrogen) atoms. The Morgan fingerprint density at radius 2 is 2.22 bits per heavy atom. The molecule has 0 aromatic carbocycles. The Morgan fingerprint density at radius 1 is 1.39 bits per heavy atom. The number of carbonyl (C=O) groups excluding carboxylic acids is 1. The Kier molecular flexibility index (Phi) is 8.71. The van der Waals surface area contributed by atoms with Gasteiger partial charge in [-0.25, -0.2) is 0 Å². The molecule has 102 valence electrons. The fraction of sp³-hybridized carbons (Fsp3) is 0.500. The molecule has 1 aliphatic heterocycles. The summed E-state index contributed by atoms with van der Waals surface area (Å²) >= 11 is 0. The molecule has 1 amide bonds. The highest BCUT2D eigenvalue weighted by Gasteiger charge is 2.19. The second kappa shape index (κ2) is 9.14. The summed E-state index contributed by atoms with van der Waals surface area (Å²) in [4.78, 5) is 15.9. The van der Waals surface area contributed by atoms with Crippen molar-refractivity contribution >= 4 is 30.7 Å². The zero-order chi connectivity index (χ0) is 11.2. The van der Waals surface area contributed by atoms with Crippen LogP contribution in [0.5, 0.6) is 0 Å². The molecule has 1 saturated heterocycles. The summed E-state index contributed by atoms with van der Waals surface area (Å²) in [5.41, 5.74) is 0.895. The molecule has 2 heterocycles. The second-order valence-electron chi connectivity index (χ2n) is 4.04. The molecule has 1 atom stereocenters. The maximum Gasteiger partial charge on any atom is 0.237 e. The minimum absolute atomic E-state index is 0. The van der Waals surface area contributed by atoms with Gasteiger partial charge in [-0.1, -0.05) is 12.5 Å². The smallest absolute Gasteiger partial charge is 0.237 e. The largest absolute Gasteiger partial charge is 0.349 e. The Bertz CT molecular complexity index is 342. The van der Waals surface area contributed by atoms with E-state index in [0.29, 0.717) is 6.54 Å². The molecular formula is C12H19Cl2N3O. The van der Waals surface area contributed by atoms with E-state index in [1.807, 2.05) is 18.2 Å². The van der Waals surface area contributed by atoms with Crippen LogP contribution in [-0.4, -0.2) is 23.5 Å². The summed E-state index contributed by atoms with van der Waals surface area (Å²) in [6.07, 6.45) is 4.98. The molecule has 1 aromatic heterocycles. The number of hydrogen-bond acceptors (Lipinski definition) is 3. The molecule has 2 rings (SSSR count). The van der Waals surface area contributed by atoms with Gasteiger partial charge in [0.1, 0.15) is 0 Å². The molecule has 0 radical (unpaired) electrons. The minimum atomic E-state index is -0.0162. The summed E-state index contributed by atoms with van der Waals surface area (Å²) in [5.74, 6) is 0.0883. The number of carbonyl (C=O) groups is 1. The van der Waals surface area contributed by atoms with E-state index in [-0.39, 0.29) is 36.8 Å². The predicted octanol–water partition coefficient (Wildman–Crippen LogP) is 1.68. The lowest BCUT2D eigenvalue weighted by molar-refractivity contribution is -0.123. The van der Waals surface area contributed by atoms with Crippen LogP contribution in [0, 0.1) is 0 Å². The predicted molar refractivity (Wildman–Crippen MR) is 76.2 cm³/mol. The number of halogens is 2. The third kappa shape index (κ3) is 5.21. The number of nitrogens with zero attached hydrogens (tertiary/aromatic N) is 1. The van der Waals surface area contributed by atoms with E-state index in [1.54, 1.807) is 6.20 Å². The first kappa shape index (κ1) is 17.2. The van der Waals surface area contributed by atoms with Gasteiger partial charge in [0.25, 0.3) is 0 Å². The number of rotatable bonds is 3. The van der Waals surface area contributed by atoms with E-state index in [1.165, 1.54) is 6.42 Å². The molecule has 1 aliphatic rings. The monoisotopic (exact) mass is 291 g/mol. The van der Waals surface area contributed by atoms with Crippen LogP contribution in [0.3, 0.4) is 0 Å². The minimum Gasteiger partial charge on any atom is -0.349 e. The van der Waals surface area contributed by atoms with E-state index < -0.39 is 0 Å². The van der Waals surface area contributed by atoms with E-state index >= 15 is 0 Å². The summed E-state index contributed by atoms with van der Waals surface area (Å²) in [6.45, 7) is 1.46. The lowest BCUT2D eigenvalue weighted by Crippen LogP contribution is -2.46. The highest BCUT2D eigenvalue weighted by atomic mass is 35.5. The molecular weight excluding hydrogens is 273 g/mol. The van der Waals surface area contributed by atoms with Gasteiger partial charge >= 0.3 is 0 Å². The standard InChI is InChI=1S/C12H17N3O.2ClH/c16-12(11-6-2-4-8-14-11)15-9-10-5-1-3-7-13-10;;/h1,3,5,7,11,14H,2,4,6,8-9H2,(H,15,16);2*1H/t11-;;/m0../s1. The molecule has 0 unspecified atom stereocenters. The zero-order valence-electron chi connectivity index (χ0n) is 10.1. The molecule has 0 spiro atoms. The van der Waals surface area contributed by atoms with Crippen molar-refractivity contribution in [1.29, 1.82) is 0 Å². The van der Waals surface area contributed by atoms with E-state index in [4.69, 9.17) is 0 Å². The van der Waals surface area contributed by atoms with Crippen molar-refractivity contribution in [1.82, 2.24) is 15.6 Å². The third-order valence-corrected chi connectivity index (χ3v) is 2.80. The molecule has 2 N–H and O–H groups in total. The molecule has 0 saturated carbocycles. The van der Waals surface area contributed by atoms with Gasteiger partial charge in [0, 0.05) is 6.20 Å². The molecule has 1 fully saturated rings. The number of hydrogen-bond donors (Lipinski definition) is 2. The summed E-state index contributed by atoms with van der Waals surface area (Å²) in [7, 11) is 0. The Morgan fingerprint density at radius 3 is 2.83 bits per heavy atom. The average molecular weight is 292 g/mol. The van der Waals surface area contributed by atoms with Gasteiger partial charge in [-0.2, -0.15) is 0 Å². The van der Waals surface area contributed by atoms with Crippen molar-refractivity contribution in [2.75, 3.05) is 6.54 Å². The van der Waals surface area contributed by atoms with Crippen LogP contribution in [0.2, 0.25) is 0 Å². The van der Waals surface area contributed by atoms with Gasteiger partial charge in [-0.15, -0.1) is 24.8 Å². The van der Waals surface area contributed by atoms with Crippen molar-refractivity contribution in [3.63, 3.8) is 0 Å². The van der Waals surface area contributed by atoms with Crippen molar-refractivity contribution in [3.05, 3.63) is 30.1 Å². The normalized spacial score (nSPS) is 18.1. The van der Waals surface area contributed by atoms with Crippen LogP contribution in [0.15, 0.2) is 24.4 Å². The highest BCUT2D eigenvalue weighted by Crippen LogP contribution is 2.06. The van der Waals surface area contributed by atoms with Crippen LogP contribution in [0.4, 0.5) is 0 Å². The second-order valence-corrected chi connectivity index (χ2v) is 4.04. The first-order chi connectivity index (χ1) is 7.86. The Labute approximate surface area is 120 Å². The fourth-order valence-corrected chi connectivity index (χ4v) is 1.88. The van der Waals surface area contributed by atoms with Crippen LogP contribution in [0.1, 0.15) is 25.0 Å². The number of nitrogens with one attached hydrogen (secondary N) is 2. The topological polar surface area (TPSA) is 54.0 Å². The summed E-state index contributed by atoms with van der Waals surface area (Å²) in [5, 5.41) is 6.13. The van der Waals surface area contributed by atoms with Crippen LogP contribution >= 0.6 is 24.8 Å². The zero-order valence-corrected chi connectivity index (χ0v) is 11.7. The van der Waals surface area contributed by atoms with E-state index in [2.05, 4.69) is 15.6 Å². The van der Waals surface area contributed by atoms with Crippen LogP contribution < -0.4 is 10.6 Å². The van der Waals surface area contributed by atoms with E-state index in [0.717, 1.165) is 25.1 Å². The molecule has 0 bridgehead atoms. The van der Waals surface area contributed by atoms with Gasteiger partial charge < -0.3 is 10.6 Å². The number of amides is 1. The quantitative estimate of drug-likeness (QED) is 0.891. The van der Waals surface area contributed by atoms with E-state index in [9.17, 15) is 4.79 Å². The van der Waals surface area contributed by atoms with Crippen molar-refractivity contribution in [2.24, 2.45) is 0 Å². The van der Waals surface area contributed by atoms with Crippen molar-refractivity contribution < 1.29 is 4.79 Å². The Hall–Kier alpha value is -0.840. The molecule has 0 aliphatic carbocycles. The fourth-order valence-electron chi connectivity index (χ4n) is 1.88. The lowest BCUT2D eigenvalue weighted by atomic mass is 10.0. The summed E-state index contributed by atoms with van der Waals surface area (Å²) < 4.78 is 0. The van der Waals surface area contributed by atoms with Gasteiger partial charge in [0.05, 0.1) is 18.3 Å². The van der Waals surface area contributed by atoms with Gasteiger partial charge in [0.15, 0.2) is 0 Å². The first-order valence-electron chi connectivity index (χ1n) is 5.77. The van der Waals surface area contributed by atoms with Crippen molar-refractivity contribution in [3.8, 4) is 0 Å². The third-order valence-electron chi connectivity index (χ3n) is 2.80. The van der Waals surface area contributed by atoms with Crippen molar-refractivity contribution in [2.45, 2.75) is 31.8 Å². The van der Waals surface area contributed by atoms with Gasteiger partial charge in [-0.3, -0.25) is 9.78 Å². The summed E-state index contributed by atoms with van der Waals surface area (Å²) in [6, 6.07) is 5.69. The van der Waals surface area contributed by atoms with Gasteiger partial charge in [0.2, 0.25) is 5.91 Å². The average Bonchev–Trinajstić information content (AvgIpc) is 2.38. The maximum absolute atomic E-state index is 11.8. The van der Waals surface area contributed by atoms with Crippen LogP contribution in [0.25, 0.3) is 0 Å². The van der Waals surface area contributed by atoms with Gasteiger partial charge in [-0.05, 0) is 31.5 Å². The number of aromatic nitrogens is 1. The molecule has 4 nitrogen and oxygen atoms in total. The highest BCUT2D eigenvalue weighted by molar-refractivity contribution is 5.85.